The quantitative estimate of drug-likeness (QED) is 0.644. The molecule has 0 amide bonds. The number of aliphatic carboxylic acids is 1. The van der Waals surface area contributed by atoms with Gasteiger partial charge in [0.25, 0.3) is 0 Å². The molecule has 1 fully saturated rings. The van der Waals surface area contributed by atoms with Gasteiger partial charge in [0.15, 0.2) is 0 Å². The molecule has 2 N–H and O–H groups in total. The van der Waals surface area contributed by atoms with Crippen molar-refractivity contribution in [1.82, 2.24) is 10.2 Å². The number of carboxylic acid groups (broad SMARTS) is 1. The van der Waals surface area contributed by atoms with E-state index in [0.717, 1.165) is 11.1 Å². The van der Waals surface area contributed by atoms with Gasteiger partial charge in [-0.15, -0.1) is 12.4 Å². The van der Waals surface area contributed by atoms with Crippen LogP contribution in [0.15, 0.2) is 24.3 Å². The molecule has 0 aliphatic carbocycles. The molecule has 2 unspecified atom stereocenters. The first-order valence-electron chi connectivity index (χ1n) is 7.01. The van der Waals surface area contributed by atoms with Crippen molar-refractivity contribution in [2.45, 2.75) is 31.1 Å². The van der Waals surface area contributed by atoms with E-state index < -0.39 is 17.5 Å². The van der Waals surface area contributed by atoms with Crippen LogP contribution in [0, 0.1) is 0 Å². The lowest BCUT2D eigenvalue weighted by Gasteiger charge is -2.36. The molecule has 6 nitrogen and oxygen atoms in total. The largest absolute Gasteiger partial charge is 0.479 e. The zero-order chi connectivity index (χ0) is 15.0. The van der Waals surface area contributed by atoms with E-state index in [9.17, 15) is 14.7 Å². The van der Waals surface area contributed by atoms with Crippen LogP contribution in [-0.4, -0.2) is 41.1 Å². The summed E-state index contributed by atoms with van der Waals surface area (Å²) in [7, 11) is 1.24. The van der Waals surface area contributed by atoms with Crippen molar-refractivity contribution in [3.63, 3.8) is 0 Å². The van der Waals surface area contributed by atoms with Gasteiger partial charge in [0, 0.05) is 13.1 Å². The molecule has 2 aliphatic rings. The lowest BCUT2D eigenvalue weighted by Crippen LogP contribution is -2.59. The molecule has 2 heterocycles. The summed E-state index contributed by atoms with van der Waals surface area (Å²) in [5.41, 5.74) is 0.580. The highest BCUT2D eigenvalue weighted by molar-refractivity contribution is 6.04. The van der Waals surface area contributed by atoms with Crippen molar-refractivity contribution in [2.75, 3.05) is 13.7 Å². The van der Waals surface area contributed by atoms with Gasteiger partial charge in [-0.1, -0.05) is 24.3 Å². The number of fused-ring (bicyclic) bond motifs is 1. The number of carboxylic acids is 1. The minimum atomic E-state index is -1.59. The number of nitrogens with zero attached hydrogens (tertiary/aromatic N) is 1. The van der Waals surface area contributed by atoms with Crippen LogP contribution in [0.25, 0.3) is 0 Å². The Morgan fingerprint density at radius 2 is 2.14 bits per heavy atom. The molecular weight excluding hydrogens is 308 g/mol. The Morgan fingerprint density at radius 3 is 2.82 bits per heavy atom. The van der Waals surface area contributed by atoms with Crippen molar-refractivity contribution in [2.24, 2.45) is 0 Å². The topological polar surface area (TPSA) is 78.9 Å². The van der Waals surface area contributed by atoms with E-state index >= 15 is 0 Å². The van der Waals surface area contributed by atoms with Crippen LogP contribution in [0.5, 0.6) is 0 Å². The monoisotopic (exact) mass is 326 g/mol. The highest BCUT2D eigenvalue weighted by Gasteiger charge is 2.58. The zero-order valence-corrected chi connectivity index (χ0v) is 13.1. The van der Waals surface area contributed by atoms with Gasteiger partial charge >= 0.3 is 11.9 Å². The summed E-state index contributed by atoms with van der Waals surface area (Å²) in [6.07, 6.45) is 0.663. The molecule has 2 aliphatic heterocycles. The molecule has 0 spiro atoms. The fraction of sp³-hybridized carbons (Fsp3) is 0.467. The molecule has 1 aromatic carbocycles. The van der Waals surface area contributed by atoms with E-state index in [1.54, 1.807) is 4.90 Å². The van der Waals surface area contributed by atoms with E-state index in [-0.39, 0.29) is 25.0 Å². The summed E-state index contributed by atoms with van der Waals surface area (Å²) < 4.78 is 4.79. The number of methoxy groups -OCH3 is 1. The first-order chi connectivity index (χ1) is 10.1. The summed E-state index contributed by atoms with van der Waals surface area (Å²) in [6, 6.07) is 7.87. The number of ether oxygens (including phenoxy) is 1. The van der Waals surface area contributed by atoms with Crippen molar-refractivity contribution in [3.05, 3.63) is 35.4 Å². The minimum Gasteiger partial charge on any atom is -0.479 e. The molecule has 7 heteroatoms. The number of esters is 1. The predicted octanol–water partition coefficient (Wildman–Crippen LogP) is 1.30. The van der Waals surface area contributed by atoms with Gasteiger partial charge in [0.2, 0.25) is 5.54 Å². The van der Waals surface area contributed by atoms with E-state index in [4.69, 9.17) is 4.74 Å². The molecule has 1 aromatic rings. The summed E-state index contributed by atoms with van der Waals surface area (Å²) in [5, 5.41) is 13.0. The second-order valence-electron chi connectivity index (χ2n) is 5.44. The van der Waals surface area contributed by atoms with Gasteiger partial charge in [0.05, 0.1) is 13.3 Å². The van der Waals surface area contributed by atoms with Crippen molar-refractivity contribution >= 4 is 24.3 Å². The number of carbonyl (C=O) groups excluding carboxylic acids is 1. The molecule has 2 atom stereocenters. The highest BCUT2D eigenvalue weighted by Crippen LogP contribution is 2.40. The first kappa shape index (κ1) is 16.7. The van der Waals surface area contributed by atoms with Gasteiger partial charge < -0.3 is 9.84 Å². The van der Waals surface area contributed by atoms with Gasteiger partial charge in [-0.05, 0) is 24.0 Å². The average molecular weight is 327 g/mol. The summed E-state index contributed by atoms with van der Waals surface area (Å²) in [5.74, 6) is -1.84. The summed E-state index contributed by atoms with van der Waals surface area (Å²) >= 11 is 0. The molecule has 1 saturated heterocycles. The molecule has 0 aromatic heterocycles. The number of benzene rings is 1. The summed E-state index contributed by atoms with van der Waals surface area (Å²) in [4.78, 5) is 25.7. The third kappa shape index (κ3) is 2.27. The SMILES string of the molecule is COC(=O)C1(C(=O)O)CCCN1C1NCc2ccccc21.Cl. The summed E-state index contributed by atoms with van der Waals surface area (Å²) in [6.45, 7) is 1.22. The molecular formula is C15H19ClN2O4. The smallest absolute Gasteiger partial charge is 0.338 e. The van der Waals surface area contributed by atoms with Crippen LogP contribution in [0.1, 0.15) is 30.1 Å². The Morgan fingerprint density at radius 1 is 1.41 bits per heavy atom. The number of carbonyl (C=O) groups is 2. The predicted molar refractivity (Wildman–Crippen MR) is 81.6 cm³/mol. The maximum Gasteiger partial charge on any atom is 0.338 e. The number of rotatable bonds is 3. The third-order valence-corrected chi connectivity index (χ3v) is 4.45. The van der Waals surface area contributed by atoms with Gasteiger partial charge in [-0.25, -0.2) is 9.59 Å². The number of likely N-dealkylation sites (tertiary alicyclic amines) is 1. The number of hydrogen-bond acceptors (Lipinski definition) is 5. The molecule has 0 radical (unpaired) electrons. The fourth-order valence-electron chi connectivity index (χ4n) is 3.45. The highest BCUT2D eigenvalue weighted by atomic mass is 35.5. The maximum atomic E-state index is 12.2. The lowest BCUT2D eigenvalue weighted by molar-refractivity contribution is -0.170. The molecule has 0 bridgehead atoms. The molecule has 3 rings (SSSR count). The molecule has 22 heavy (non-hydrogen) atoms. The molecule has 120 valence electrons. The standard InChI is InChI=1S/C15H18N2O4.ClH/c1-21-14(20)15(13(18)19)7-4-8-17(15)12-11-6-3-2-5-10(11)9-16-12;/h2-3,5-6,12,16H,4,7-9H2,1H3,(H,18,19);1H. The van der Waals surface area contributed by atoms with Gasteiger partial charge in [-0.3, -0.25) is 10.2 Å². The van der Waals surface area contributed by atoms with Crippen molar-refractivity contribution in [3.8, 4) is 0 Å². The second kappa shape index (κ2) is 6.24. The molecule has 0 saturated carbocycles. The van der Waals surface area contributed by atoms with E-state index in [1.807, 2.05) is 24.3 Å². The van der Waals surface area contributed by atoms with E-state index in [2.05, 4.69) is 5.32 Å². The number of halogens is 1. The average Bonchev–Trinajstić information content (AvgIpc) is 3.10. The van der Waals surface area contributed by atoms with Crippen LogP contribution < -0.4 is 5.32 Å². The zero-order valence-electron chi connectivity index (χ0n) is 12.2. The van der Waals surface area contributed by atoms with Crippen LogP contribution in [-0.2, 0) is 20.9 Å². The second-order valence-corrected chi connectivity index (χ2v) is 5.44. The Hall–Kier alpha value is -1.63. The van der Waals surface area contributed by atoms with Gasteiger partial charge in [0.1, 0.15) is 0 Å². The van der Waals surface area contributed by atoms with Crippen LogP contribution in [0.2, 0.25) is 0 Å². The van der Waals surface area contributed by atoms with E-state index in [1.165, 1.54) is 7.11 Å². The normalized spacial score (nSPS) is 27.0. The fourth-order valence-corrected chi connectivity index (χ4v) is 3.45. The van der Waals surface area contributed by atoms with Crippen molar-refractivity contribution in [1.29, 1.82) is 0 Å². The third-order valence-electron chi connectivity index (χ3n) is 4.45. The Kier molecular flexibility index (Phi) is 4.75. The minimum absolute atomic E-state index is 0. The van der Waals surface area contributed by atoms with Crippen LogP contribution in [0.3, 0.4) is 0 Å². The van der Waals surface area contributed by atoms with Crippen molar-refractivity contribution < 1.29 is 19.4 Å². The Balaban J connectivity index is 0.00000176. The van der Waals surface area contributed by atoms with Gasteiger partial charge in [-0.2, -0.15) is 0 Å². The van der Waals surface area contributed by atoms with Crippen LogP contribution in [0.4, 0.5) is 0 Å². The van der Waals surface area contributed by atoms with E-state index in [0.29, 0.717) is 19.5 Å². The number of nitrogens with one attached hydrogen (secondary N) is 1. The van der Waals surface area contributed by atoms with Crippen LogP contribution >= 0.6 is 12.4 Å². The Bertz CT molecular complexity index is 595. The lowest BCUT2D eigenvalue weighted by atomic mass is 9.95. The maximum absolute atomic E-state index is 12.2. The Labute approximate surface area is 134 Å². The first-order valence-corrected chi connectivity index (χ1v) is 7.01. The number of hydrogen-bond donors (Lipinski definition) is 2.